The van der Waals surface area contributed by atoms with Gasteiger partial charge in [0.05, 0.1) is 12.8 Å². The zero-order valence-corrected chi connectivity index (χ0v) is 9.65. The molecule has 0 saturated heterocycles. The molecule has 5 nitrogen and oxygen atoms in total. The summed E-state index contributed by atoms with van der Waals surface area (Å²) in [5.41, 5.74) is -0.315. The first kappa shape index (κ1) is 11.9. The van der Waals surface area contributed by atoms with Gasteiger partial charge in [0.1, 0.15) is 5.56 Å². The normalized spacial score (nSPS) is 9.80. The highest BCUT2D eigenvalue weighted by atomic mass is 35.5. The lowest BCUT2D eigenvalue weighted by molar-refractivity contribution is 0.0597. The highest BCUT2D eigenvalue weighted by molar-refractivity contribution is 7.08. The van der Waals surface area contributed by atoms with Crippen LogP contribution in [-0.2, 0) is 11.2 Å². The molecule has 7 heteroatoms. The number of hydrogen-bond donors (Lipinski definition) is 0. The molecule has 82 valence electrons. The van der Waals surface area contributed by atoms with Gasteiger partial charge in [-0.3, -0.25) is 0 Å². The highest BCUT2D eigenvalue weighted by Gasteiger charge is 2.23. The second kappa shape index (κ2) is 5.09. The number of rotatable bonds is 3. The molecule has 0 atom stereocenters. The van der Waals surface area contributed by atoms with E-state index in [0.717, 1.165) is 11.5 Å². The van der Waals surface area contributed by atoms with Crippen LogP contribution in [0.15, 0.2) is 0 Å². The van der Waals surface area contributed by atoms with Crippen LogP contribution in [0.5, 0.6) is 5.06 Å². The zero-order chi connectivity index (χ0) is 11.4. The van der Waals surface area contributed by atoms with Crippen molar-refractivity contribution in [3.05, 3.63) is 11.3 Å². The summed E-state index contributed by atoms with van der Waals surface area (Å²) in [5.74, 6) is -0.589. The number of hydrogen-bond acceptors (Lipinski definition) is 6. The Bertz CT molecular complexity index is 390. The van der Waals surface area contributed by atoms with Gasteiger partial charge in [-0.1, -0.05) is 6.92 Å². The Balaban J connectivity index is 3.10. The van der Waals surface area contributed by atoms with Gasteiger partial charge in [0.25, 0.3) is 0 Å². The van der Waals surface area contributed by atoms with Crippen molar-refractivity contribution >= 4 is 34.5 Å². The van der Waals surface area contributed by atoms with Crippen LogP contribution in [0, 0.1) is 0 Å². The molecule has 0 aliphatic heterocycles. The van der Waals surface area contributed by atoms with Gasteiger partial charge in [0.15, 0.2) is 0 Å². The average molecular weight is 250 g/mol. The summed E-state index contributed by atoms with van der Waals surface area (Å²) in [4.78, 5) is 21.9. The van der Waals surface area contributed by atoms with Crippen LogP contribution in [0.25, 0.3) is 0 Å². The molecule has 0 radical (unpaired) electrons. The maximum Gasteiger partial charge on any atom is 0.410 e. The van der Waals surface area contributed by atoms with E-state index in [1.807, 2.05) is 6.92 Å². The Hall–Kier alpha value is -1.14. The molecule has 1 rings (SSSR count). The predicted octanol–water partition coefficient (Wildman–Crippen LogP) is 2.23. The van der Waals surface area contributed by atoms with Crippen molar-refractivity contribution < 1.29 is 19.1 Å². The van der Waals surface area contributed by atoms with E-state index < -0.39 is 11.4 Å². The summed E-state index contributed by atoms with van der Waals surface area (Å²) in [6.45, 7) is 1.83. The van der Waals surface area contributed by atoms with E-state index >= 15 is 0 Å². The van der Waals surface area contributed by atoms with Crippen molar-refractivity contribution in [3.8, 4) is 5.06 Å². The number of carbonyl (C=O) groups excluding carboxylic acids is 2. The molecule has 0 aliphatic rings. The molecule has 0 saturated carbocycles. The quantitative estimate of drug-likeness (QED) is 0.607. The zero-order valence-electron chi connectivity index (χ0n) is 8.07. The lowest BCUT2D eigenvalue weighted by Gasteiger charge is -2.01. The fourth-order valence-corrected chi connectivity index (χ4v) is 1.93. The number of nitrogens with zero attached hydrogens (tertiary/aromatic N) is 1. The molecule has 0 amide bonds. The number of aromatic nitrogens is 1. The van der Waals surface area contributed by atoms with E-state index in [-0.39, 0.29) is 10.6 Å². The van der Waals surface area contributed by atoms with E-state index in [4.69, 9.17) is 11.6 Å². The molecule has 0 aromatic carbocycles. The first-order chi connectivity index (χ1) is 7.10. The van der Waals surface area contributed by atoms with Gasteiger partial charge in [-0.05, 0) is 6.42 Å². The van der Waals surface area contributed by atoms with Crippen molar-refractivity contribution in [1.29, 1.82) is 0 Å². The Morgan fingerprint density at radius 3 is 2.67 bits per heavy atom. The van der Waals surface area contributed by atoms with E-state index in [0.29, 0.717) is 12.1 Å². The third-order valence-electron chi connectivity index (χ3n) is 1.63. The molecule has 0 unspecified atom stereocenters. The highest BCUT2D eigenvalue weighted by Crippen LogP contribution is 2.29. The molecule has 1 heterocycles. The van der Waals surface area contributed by atoms with Crippen LogP contribution < -0.4 is 4.74 Å². The minimum absolute atomic E-state index is 0.0682. The van der Waals surface area contributed by atoms with Crippen molar-refractivity contribution in [2.75, 3.05) is 7.11 Å². The maximum absolute atomic E-state index is 11.4. The monoisotopic (exact) mass is 249 g/mol. The third kappa shape index (κ3) is 2.66. The second-order valence-corrected chi connectivity index (χ2v) is 3.52. The average Bonchev–Trinajstić information content (AvgIpc) is 2.58. The van der Waals surface area contributed by atoms with Crippen molar-refractivity contribution in [2.45, 2.75) is 13.3 Å². The minimum atomic E-state index is -1.01. The summed E-state index contributed by atoms with van der Waals surface area (Å²) in [6.07, 6.45) is 0.542. The van der Waals surface area contributed by atoms with E-state index in [2.05, 4.69) is 13.8 Å². The van der Waals surface area contributed by atoms with Crippen LogP contribution in [0.1, 0.15) is 23.0 Å². The fraction of sp³-hybridized carbons (Fsp3) is 0.375. The molecule has 1 aromatic rings. The molecule has 0 N–H and O–H groups in total. The minimum Gasteiger partial charge on any atom is -0.465 e. The predicted molar refractivity (Wildman–Crippen MR) is 54.7 cm³/mol. The van der Waals surface area contributed by atoms with Gasteiger partial charge < -0.3 is 9.47 Å². The molecule has 0 fully saturated rings. The number of methoxy groups -OCH3 is 1. The molecular formula is C8H8ClNO4S. The van der Waals surface area contributed by atoms with Crippen molar-refractivity contribution in [2.24, 2.45) is 0 Å². The summed E-state index contributed by atoms with van der Waals surface area (Å²) in [7, 11) is 1.24. The van der Waals surface area contributed by atoms with Crippen LogP contribution in [0.4, 0.5) is 4.79 Å². The van der Waals surface area contributed by atoms with Crippen LogP contribution in [0.3, 0.4) is 0 Å². The van der Waals surface area contributed by atoms with Crippen LogP contribution in [0.2, 0.25) is 0 Å². The van der Waals surface area contributed by atoms with E-state index in [9.17, 15) is 9.59 Å². The molecule has 0 bridgehead atoms. The third-order valence-corrected chi connectivity index (χ3v) is 2.47. The smallest absolute Gasteiger partial charge is 0.410 e. The summed E-state index contributed by atoms with van der Waals surface area (Å²) in [5, 5.41) is 0.0682. The molecular weight excluding hydrogens is 242 g/mol. The topological polar surface area (TPSA) is 65.5 Å². The summed E-state index contributed by atoms with van der Waals surface area (Å²) >= 11 is 5.94. The second-order valence-electron chi connectivity index (χ2n) is 2.48. The van der Waals surface area contributed by atoms with E-state index in [1.165, 1.54) is 7.11 Å². The van der Waals surface area contributed by atoms with Gasteiger partial charge >= 0.3 is 11.4 Å². The van der Waals surface area contributed by atoms with Crippen LogP contribution in [-0.4, -0.2) is 22.9 Å². The summed E-state index contributed by atoms with van der Waals surface area (Å²) in [6, 6.07) is 0. The fourth-order valence-electron chi connectivity index (χ4n) is 0.993. The largest absolute Gasteiger partial charge is 0.465 e. The van der Waals surface area contributed by atoms with Crippen molar-refractivity contribution in [1.82, 2.24) is 4.37 Å². The first-order valence-electron chi connectivity index (χ1n) is 4.04. The Morgan fingerprint density at radius 2 is 2.20 bits per heavy atom. The molecule has 0 aliphatic carbocycles. The van der Waals surface area contributed by atoms with Crippen LogP contribution >= 0.6 is 23.1 Å². The Labute approximate surface area is 95.1 Å². The number of ether oxygens (including phenoxy) is 2. The van der Waals surface area contributed by atoms with E-state index in [1.54, 1.807) is 0 Å². The van der Waals surface area contributed by atoms with Gasteiger partial charge in [0.2, 0.25) is 5.06 Å². The molecule has 15 heavy (non-hydrogen) atoms. The number of aryl methyl sites for hydroxylation is 1. The van der Waals surface area contributed by atoms with Gasteiger partial charge in [-0.15, -0.1) is 0 Å². The van der Waals surface area contributed by atoms with Gasteiger partial charge in [-0.2, -0.15) is 4.37 Å². The summed E-state index contributed by atoms with van der Waals surface area (Å²) < 4.78 is 13.1. The van der Waals surface area contributed by atoms with Gasteiger partial charge in [0, 0.05) is 23.1 Å². The Morgan fingerprint density at radius 1 is 1.53 bits per heavy atom. The number of esters is 1. The molecule has 0 spiro atoms. The van der Waals surface area contributed by atoms with Crippen molar-refractivity contribution in [3.63, 3.8) is 0 Å². The maximum atomic E-state index is 11.4. The van der Waals surface area contributed by atoms with Gasteiger partial charge in [-0.25, -0.2) is 9.59 Å². The lowest BCUT2D eigenvalue weighted by Crippen LogP contribution is -2.07. The number of halogens is 1. The number of carbonyl (C=O) groups is 2. The lowest BCUT2D eigenvalue weighted by atomic mass is 10.2. The standard InChI is InChI=1S/C8H8ClNO4S/c1-3-4-5(6(11)13-2)7(15-10-4)14-8(9)12/h3H2,1-2H3. The first-order valence-corrected chi connectivity index (χ1v) is 5.19. The SMILES string of the molecule is CCc1nsc(OC(=O)Cl)c1C(=O)OC. The molecule has 1 aromatic heterocycles. The Kier molecular flexibility index (Phi) is 4.05.